The first-order chi connectivity index (χ1) is 15.2. The molecule has 6 heteroatoms. The third-order valence-electron chi connectivity index (χ3n) is 5.88. The number of β-amino-alcohol motifs (C(OH)–C–C–N with tert-alkyl or cyclic N) is 1. The minimum atomic E-state index is -0.473. The molecule has 1 aliphatic rings. The molecule has 0 spiro atoms. The number of nitrogens with one attached hydrogen (secondary N) is 1. The molecule has 31 heavy (non-hydrogen) atoms. The number of aliphatic hydroxyl groups is 1. The Labute approximate surface area is 183 Å². The Morgan fingerprint density at radius 1 is 0.968 bits per heavy atom. The van der Waals surface area contributed by atoms with Crippen molar-refractivity contribution in [2.75, 3.05) is 45.8 Å². The number of para-hydroxylation sites is 1. The number of piperazine rings is 1. The number of aromatic nitrogens is 1. The fraction of sp³-hybridized carbons (Fsp3) is 0.360. The number of fused-ring (bicyclic) bond motifs is 1. The van der Waals surface area contributed by atoms with E-state index in [1.807, 2.05) is 48.7 Å². The molecule has 4 rings (SSSR count). The summed E-state index contributed by atoms with van der Waals surface area (Å²) in [5.41, 5.74) is 3.11. The van der Waals surface area contributed by atoms with Crippen molar-refractivity contribution in [3.05, 3.63) is 78.0 Å². The zero-order valence-electron chi connectivity index (χ0n) is 17.8. The average Bonchev–Trinajstić information content (AvgIpc) is 2.81. The van der Waals surface area contributed by atoms with Gasteiger partial charge in [-0.25, -0.2) is 0 Å². The summed E-state index contributed by atoms with van der Waals surface area (Å²) in [6.45, 7) is 5.05. The largest absolute Gasteiger partial charge is 0.387 e. The second-order valence-corrected chi connectivity index (χ2v) is 8.10. The summed E-state index contributed by atoms with van der Waals surface area (Å²) in [6.07, 6.45) is 2.10. The highest BCUT2D eigenvalue weighted by molar-refractivity contribution is 5.81. The SMILES string of the molecule is O=C(CN1CCN(CC(O)c2ccccc2)CC1)NCCc1cccc2cccnc12. The van der Waals surface area contributed by atoms with Gasteiger partial charge in [-0.15, -0.1) is 0 Å². The van der Waals surface area contributed by atoms with Gasteiger partial charge < -0.3 is 10.4 Å². The number of carbonyl (C=O) groups excluding carboxylic acids is 1. The summed E-state index contributed by atoms with van der Waals surface area (Å²) < 4.78 is 0. The van der Waals surface area contributed by atoms with E-state index in [9.17, 15) is 9.90 Å². The molecule has 1 saturated heterocycles. The van der Waals surface area contributed by atoms with E-state index in [-0.39, 0.29) is 5.91 Å². The van der Waals surface area contributed by atoms with Gasteiger partial charge in [-0.3, -0.25) is 19.6 Å². The Hall–Kier alpha value is -2.80. The van der Waals surface area contributed by atoms with E-state index in [0.29, 0.717) is 19.6 Å². The molecule has 1 aromatic heterocycles. The number of amides is 1. The van der Waals surface area contributed by atoms with Crippen molar-refractivity contribution in [3.63, 3.8) is 0 Å². The van der Waals surface area contributed by atoms with Crippen LogP contribution in [0.3, 0.4) is 0 Å². The maximum absolute atomic E-state index is 12.4. The van der Waals surface area contributed by atoms with Gasteiger partial charge in [0.05, 0.1) is 18.2 Å². The third-order valence-corrected chi connectivity index (χ3v) is 5.88. The monoisotopic (exact) mass is 418 g/mol. The molecule has 0 bridgehead atoms. The van der Waals surface area contributed by atoms with E-state index in [4.69, 9.17) is 0 Å². The van der Waals surface area contributed by atoms with Crippen LogP contribution in [-0.2, 0) is 11.2 Å². The van der Waals surface area contributed by atoms with Crippen molar-refractivity contribution in [3.8, 4) is 0 Å². The summed E-state index contributed by atoms with van der Waals surface area (Å²) >= 11 is 0. The highest BCUT2D eigenvalue weighted by atomic mass is 16.3. The number of rotatable bonds is 8. The lowest BCUT2D eigenvalue weighted by Crippen LogP contribution is -2.50. The molecule has 2 aromatic carbocycles. The predicted molar refractivity (Wildman–Crippen MR) is 123 cm³/mol. The lowest BCUT2D eigenvalue weighted by molar-refractivity contribution is -0.122. The first-order valence-electron chi connectivity index (χ1n) is 11.0. The number of hydrogen-bond donors (Lipinski definition) is 2. The zero-order valence-corrected chi connectivity index (χ0v) is 17.8. The van der Waals surface area contributed by atoms with Crippen LogP contribution in [0.25, 0.3) is 10.9 Å². The summed E-state index contributed by atoms with van der Waals surface area (Å²) in [6, 6.07) is 19.9. The number of aliphatic hydroxyl groups excluding tert-OH is 1. The molecule has 1 aliphatic heterocycles. The van der Waals surface area contributed by atoms with Gasteiger partial charge >= 0.3 is 0 Å². The fourth-order valence-electron chi connectivity index (χ4n) is 4.12. The van der Waals surface area contributed by atoms with Crippen molar-refractivity contribution in [2.45, 2.75) is 12.5 Å². The first kappa shape index (κ1) is 21.4. The Balaban J connectivity index is 1.17. The molecule has 162 valence electrons. The van der Waals surface area contributed by atoms with E-state index >= 15 is 0 Å². The molecule has 0 radical (unpaired) electrons. The second kappa shape index (κ2) is 10.5. The number of benzene rings is 2. The Bertz CT molecular complexity index is 982. The molecular formula is C25H30N4O2. The van der Waals surface area contributed by atoms with Crippen molar-refractivity contribution < 1.29 is 9.90 Å². The Kier molecular flexibility index (Phi) is 7.25. The van der Waals surface area contributed by atoms with Crippen LogP contribution in [0.1, 0.15) is 17.2 Å². The van der Waals surface area contributed by atoms with Crippen molar-refractivity contribution in [1.82, 2.24) is 20.1 Å². The molecule has 2 heterocycles. The minimum absolute atomic E-state index is 0.0611. The van der Waals surface area contributed by atoms with Crippen LogP contribution < -0.4 is 5.32 Å². The van der Waals surface area contributed by atoms with Crippen LogP contribution in [0.15, 0.2) is 66.9 Å². The molecule has 0 aliphatic carbocycles. The molecular weight excluding hydrogens is 388 g/mol. The quantitative estimate of drug-likeness (QED) is 0.587. The van der Waals surface area contributed by atoms with Gasteiger partial charge in [-0.05, 0) is 23.6 Å². The van der Waals surface area contributed by atoms with Crippen LogP contribution >= 0.6 is 0 Å². The molecule has 1 unspecified atom stereocenters. The van der Waals surface area contributed by atoms with Crippen molar-refractivity contribution >= 4 is 16.8 Å². The highest BCUT2D eigenvalue weighted by Crippen LogP contribution is 2.16. The maximum atomic E-state index is 12.4. The van der Waals surface area contributed by atoms with Crippen LogP contribution in [0, 0.1) is 0 Å². The third kappa shape index (κ3) is 5.88. The normalized spacial score (nSPS) is 16.3. The summed E-state index contributed by atoms with van der Waals surface area (Å²) in [7, 11) is 0. The summed E-state index contributed by atoms with van der Waals surface area (Å²) in [5.74, 6) is 0.0611. The van der Waals surface area contributed by atoms with Gasteiger partial charge in [0, 0.05) is 50.9 Å². The van der Waals surface area contributed by atoms with Crippen LogP contribution in [0.5, 0.6) is 0 Å². The highest BCUT2D eigenvalue weighted by Gasteiger charge is 2.21. The predicted octanol–water partition coefficient (Wildman–Crippen LogP) is 2.24. The summed E-state index contributed by atoms with van der Waals surface area (Å²) in [5, 5.41) is 14.6. The number of carbonyl (C=O) groups is 1. The maximum Gasteiger partial charge on any atom is 0.234 e. The van der Waals surface area contributed by atoms with Crippen molar-refractivity contribution in [2.24, 2.45) is 0 Å². The van der Waals surface area contributed by atoms with E-state index in [1.54, 1.807) is 0 Å². The van der Waals surface area contributed by atoms with E-state index in [1.165, 1.54) is 0 Å². The Morgan fingerprint density at radius 3 is 2.52 bits per heavy atom. The van der Waals surface area contributed by atoms with E-state index in [0.717, 1.165) is 54.6 Å². The summed E-state index contributed by atoms with van der Waals surface area (Å²) in [4.78, 5) is 21.3. The molecule has 1 amide bonds. The average molecular weight is 419 g/mol. The molecule has 0 saturated carbocycles. The van der Waals surface area contributed by atoms with Gasteiger partial charge in [-0.1, -0.05) is 54.6 Å². The van der Waals surface area contributed by atoms with Gasteiger partial charge in [0.2, 0.25) is 5.91 Å². The molecule has 3 aromatic rings. The molecule has 1 fully saturated rings. The number of nitrogens with zero attached hydrogens (tertiary/aromatic N) is 3. The standard InChI is InChI=1S/C25H30N4O2/c30-23(20-6-2-1-3-7-20)18-28-14-16-29(17-15-28)19-24(31)26-13-11-22-9-4-8-21-10-5-12-27-25(21)22/h1-10,12,23,30H,11,13-19H2,(H,26,31). The van der Waals surface area contributed by atoms with Gasteiger partial charge in [0.25, 0.3) is 0 Å². The van der Waals surface area contributed by atoms with Crippen LogP contribution in [0.2, 0.25) is 0 Å². The van der Waals surface area contributed by atoms with E-state index in [2.05, 4.69) is 38.3 Å². The van der Waals surface area contributed by atoms with Crippen LogP contribution in [0.4, 0.5) is 0 Å². The molecule has 6 nitrogen and oxygen atoms in total. The second-order valence-electron chi connectivity index (χ2n) is 8.10. The van der Waals surface area contributed by atoms with Crippen LogP contribution in [-0.4, -0.2) is 71.6 Å². The topological polar surface area (TPSA) is 68.7 Å². The van der Waals surface area contributed by atoms with E-state index < -0.39 is 6.10 Å². The lowest BCUT2D eigenvalue weighted by Gasteiger charge is -2.35. The minimum Gasteiger partial charge on any atom is -0.387 e. The number of hydrogen-bond acceptors (Lipinski definition) is 5. The zero-order chi connectivity index (χ0) is 21.5. The molecule has 1 atom stereocenters. The fourth-order valence-corrected chi connectivity index (χ4v) is 4.12. The number of pyridine rings is 1. The lowest BCUT2D eigenvalue weighted by atomic mass is 10.1. The first-order valence-corrected chi connectivity index (χ1v) is 11.0. The Morgan fingerprint density at radius 2 is 1.71 bits per heavy atom. The van der Waals surface area contributed by atoms with Gasteiger partial charge in [0.15, 0.2) is 0 Å². The van der Waals surface area contributed by atoms with Gasteiger partial charge in [0.1, 0.15) is 0 Å². The van der Waals surface area contributed by atoms with Gasteiger partial charge in [-0.2, -0.15) is 0 Å². The smallest absolute Gasteiger partial charge is 0.234 e. The molecule has 2 N–H and O–H groups in total. The van der Waals surface area contributed by atoms with Crippen molar-refractivity contribution in [1.29, 1.82) is 0 Å².